The van der Waals surface area contributed by atoms with E-state index in [4.69, 9.17) is 16.3 Å². The average Bonchev–Trinajstić information content (AvgIpc) is 2.30. The average molecular weight is 327 g/mol. The summed E-state index contributed by atoms with van der Waals surface area (Å²) < 4.78 is 6.78. The third-order valence-corrected chi connectivity index (χ3v) is 3.27. The summed E-state index contributed by atoms with van der Waals surface area (Å²) in [5.41, 5.74) is 2.97. The van der Waals surface area contributed by atoms with Crippen LogP contribution >= 0.6 is 27.5 Å². The zero-order valence-electron chi connectivity index (χ0n) is 10.2. The summed E-state index contributed by atoms with van der Waals surface area (Å²) in [6.07, 6.45) is 1.76. The van der Waals surface area contributed by atoms with Gasteiger partial charge in [0.15, 0.2) is 0 Å². The highest BCUT2D eigenvalue weighted by Crippen LogP contribution is 2.27. The molecule has 0 saturated carbocycles. The highest BCUT2D eigenvalue weighted by Gasteiger charge is 2.06. The number of pyridine rings is 1. The van der Waals surface area contributed by atoms with Gasteiger partial charge in [-0.05, 0) is 65.2 Å². The molecular weight excluding hydrogens is 314 g/mol. The van der Waals surface area contributed by atoms with Gasteiger partial charge >= 0.3 is 0 Å². The highest BCUT2D eigenvalue weighted by atomic mass is 79.9. The first kappa shape index (κ1) is 13.4. The molecule has 0 unspecified atom stereocenters. The lowest BCUT2D eigenvalue weighted by molar-refractivity contribution is 0.297. The van der Waals surface area contributed by atoms with Crippen LogP contribution in [0.3, 0.4) is 0 Å². The predicted octanol–water partition coefficient (Wildman–Crippen LogP) is 4.69. The number of ether oxygens (including phenoxy) is 1. The quantitative estimate of drug-likeness (QED) is 0.816. The second kappa shape index (κ2) is 5.72. The number of hydrogen-bond acceptors (Lipinski definition) is 2. The van der Waals surface area contributed by atoms with Crippen LogP contribution in [0.4, 0.5) is 0 Å². The van der Waals surface area contributed by atoms with E-state index in [9.17, 15) is 0 Å². The molecule has 1 heterocycles. The minimum atomic E-state index is 0.455. The maximum absolute atomic E-state index is 5.98. The number of rotatable bonds is 3. The van der Waals surface area contributed by atoms with Crippen molar-refractivity contribution >= 4 is 27.5 Å². The SMILES string of the molecule is Cc1cc(Cl)cc(C)c1OCc1ccc(Br)cn1. The Bertz CT molecular complexity index is 531. The van der Waals surface area contributed by atoms with Gasteiger partial charge in [-0.25, -0.2) is 0 Å². The van der Waals surface area contributed by atoms with Gasteiger partial charge in [0.05, 0.1) is 5.69 Å². The first-order valence-corrected chi connectivity index (χ1v) is 6.73. The highest BCUT2D eigenvalue weighted by molar-refractivity contribution is 9.10. The van der Waals surface area contributed by atoms with Crippen molar-refractivity contribution in [2.75, 3.05) is 0 Å². The second-order valence-corrected chi connectivity index (χ2v) is 5.48. The minimum Gasteiger partial charge on any atom is -0.487 e. The van der Waals surface area contributed by atoms with Crippen molar-refractivity contribution in [3.63, 3.8) is 0 Å². The zero-order chi connectivity index (χ0) is 13.1. The lowest BCUT2D eigenvalue weighted by Gasteiger charge is -2.12. The molecule has 0 spiro atoms. The van der Waals surface area contributed by atoms with Gasteiger partial charge in [0.2, 0.25) is 0 Å². The van der Waals surface area contributed by atoms with E-state index in [2.05, 4.69) is 20.9 Å². The molecule has 0 radical (unpaired) electrons. The lowest BCUT2D eigenvalue weighted by atomic mass is 10.1. The molecule has 0 amide bonds. The van der Waals surface area contributed by atoms with Crippen LogP contribution in [-0.4, -0.2) is 4.98 Å². The molecule has 0 bridgehead atoms. The van der Waals surface area contributed by atoms with Crippen LogP contribution in [-0.2, 0) is 6.61 Å². The normalized spacial score (nSPS) is 10.4. The third kappa shape index (κ3) is 3.24. The van der Waals surface area contributed by atoms with Crippen molar-refractivity contribution in [2.45, 2.75) is 20.5 Å². The largest absolute Gasteiger partial charge is 0.487 e. The van der Waals surface area contributed by atoms with Crippen LogP contribution in [0.5, 0.6) is 5.75 Å². The molecule has 2 aromatic rings. The molecule has 0 aliphatic heterocycles. The Hall–Kier alpha value is -1.06. The van der Waals surface area contributed by atoms with E-state index in [1.165, 1.54) is 0 Å². The molecular formula is C14H13BrClNO. The first-order valence-electron chi connectivity index (χ1n) is 5.56. The molecule has 0 aliphatic rings. The number of hydrogen-bond donors (Lipinski definition) is 0. The molecule has 4 heteroatoms. The Morgan fingerprint density at radius 3 is 2.44 bits per heavy atom. The Morgan fingerprint density at radius 1 is 1.22 bits per heavy atom. The molecule has 1 aromatic carbocycles. The monoisotopic (exact) mass is 325 g/mol. The number of benzene rings is 1. The Labute approximate surface area is 120 Å². The minimum absolute atomic E-state index is 0.455. The zero-order valence-corrected chi connectivity index (χ0v) is 12.5. The molecule has 0 fully saturated rings. The van der Waals surface area contributed by atoms with Crippen LogP contribution < -0.4 is 4.74 Å². The third-order valence-electron chi connectivity index (χ3n) is 2.58. The Morgan fingerprint density at radius 2 is 1.89 bits per heavy atom. The first-order chi connectivity index (χ1) is 8.56. The number of aromatic nitrogens is 1. The van der Waals surface area contributed by atoms with Crippen molar-refractivity contribution in [2.24, 2.45) is 0 Å². The number of aryl methyl sites for hydroxylation is 2. The van der Waals surface area contributed by atoms with Gasteiger partial charge in [-0.2, -0.15) is 0 Å². The molecule has 18 heavy (non-hydrogen) atoms. The van der Waals surface area contributed by atoms with E-state index in [0.29, 0.717) is 6.61 Å². The van der Waals surface area contributed by atoms with E-state index in [1.807, 2.05) is 38.1 Å². The summed E-state index contributed by atoms with van der Waals surface area (Å²) in [7, 11) is 0. The van der Waals surface area contributed by atoms with Crippen molar-refractivity contribution in [3.8, 4) is 5.75 Å². The molecule has 94 valence electrons. The fourth-order valence-corrected chi connectivity index (χ4v) is 2.32. The van der Waals surface area contributed by atoms with Crippen LogP contribution in [0.15, 0.2) is 34.9 Å². The topological polar surface area (TPSA) is 22.1 Å². The lowest BCUT2D eigenvalue weighted by Crippen LogP contribution is -2.00. The van der Waals surface area contributed by atoms with Gasteiger partial charge in [0.25, 0.3) is 0 Å². The van der Waals surface area contributed by atoms with E-state index in [-0.39, 0.29) is 0 Å². The maximum Gasteiger partial charge on any atom is 0.130 e. The van der Waals surface area contributed by atoms with Gasteiger partial charge in [0.1, 0.15) is 12.4 Å². The summed E-state index contributed by atoms with van der Waals surface area (Å²) in [4.78, 5) is 4.27. The molecule has 0 saturated heterocycles. The predicted molar refractivity (Wildman–Crippen MR) is 77.2 cm³/mol. The van der Waals surface area contributed by atoms with Gasteiger partial charge in [0, 0.05) is 15.7 Å². The van der Waals surface area contributed by atoms with Crippen LogP contribution in [0.1, 0.15) is 16.8 Å². The van der Waals surface area contributed by atoms with Gasteiger partial charge in [-0.3, -0.25) is 4.98 Å². The molecule has 1 aromatic heterocycles. The summed E-state index contributed by atoms with van der Waals surface area (Å²) in [5, 5.41) is 0.735. The fraction of sp³-hybridized carbons (Fsp3) is 0.214. The maximum atomic E-state index is 5.98. The van der Waals surface area contributed by atoms with Crippen LogP contribution in [0, 0.1) is 13.8 Å². The van der Waals surface area contributed by atoms with Crippen molar-refractivity contribution in [1.82, 2.24) is 4.98 Å². The molecule has 0 aliphatic carbocycles. The van der Waals surface area contributed by atoms with Crippen molar-refractivity contribution in [1.29, 1.82) is 0 Å². The Kier molecular flexibility index (Phi) is 4.25. The van der Waals surface area contributed by atoms with Crippen molar-refractivity contribution < 1.29 is 4.74 Å². The smallest absolute Gasteiger partial charge is 0.130 e. The van der Waals surface area contributed by atoms with E-state index >= 15 is 0 Å². The summed E-state index contributed by atoms with van der Waals surface area (Å²) in [6.45, 7) is 4.43. The van der Waals surface area contributed by atoms with E-state index in [0.717, 1.165) is 32.1 Å². The number of nitrogens with zero attached hydrogens (tertiary/aromatic N) is 1. The molecule has 2 nitrogen and oxygen atoms in total. The molecule has 2 rings (SSSR count). The van der Waals surface area contributed by atoms with Crippen LogP contribution in [0.2, 0.25) is 5.02 Å². The fourth-order valence-electron chi connectivity index (χ4n) is 1.76. The van der Waals surface area contributed by atoms with Crippen LogP contribution in [0.25, 0.3) is 0 Å². The van der Waals surface area contributed by atoms with E-state index in [1.54, 1.807) is 6.20 Å². The molecule has 0 N–H and O–H groups in total. The standard InChI is InChI=1S/C14H13BrClNO/c1-9-5-12(16)6-10(2)14(9)18-8-13-4-3-11(15)7-17-13/h3-7H,8H2,1-2H3. The van der Waals surface area contributed by atoms with Gasteiger partial charge in [-0.15, -0.1) is 0 Å². The Balaban J connectivity index is 2.13. The summed E-state index contributed by atoms with van der Waals surface area (Å²) >= 11 is 9.34. The number of halogens is 2. The summed E-state index contributed by atoms with van der Waals surface area (Å²) in [6, 6.07) is 7.69. The van der Waals surface area contributed by atoms with E-state index < -0.39 is 0 Å². The van der Waals surface area contributed by atoms with Gasteiger partial charge in [-0.1, -0.05) is 11.6 Å². The summed E-state index contributed by atoms with van der Waals surface area (Å²) in [5.74, 6) is 0.879. The second-order valence-electron chi connectivity index (χ2n) is 4.13. The van der Waals surface area contributed by atoms with Crippen molar-refractivity contribution in [3.05, 3.63) is 56.8 Å². The van der Waals surface area contributed by atoms with Gasteiger partial charge < -0.3 is 4.74 Å². The molecule has 0 atom stereocenters.